The highest BCUT2D eigenvalue weighted by atomic mass is 14.8. The average Bonchev–Trinajstić information content (AvgIpc) is 2.17. The van der Waals surface area contributed by atoms with Crippen LogP contribution in [0.1, 0.15) is 12.5 Å². The number of hydrogen-bond acceptors (Lipinski definition) is 2. The minimum atomic E-state index is 0.560. The molecule has 1 N–H and O–H groups in total. The van der Waals surface area contributed by atoms with Crippen molar-refractivity contribution >= 4 is 6.08 Å². The number of rotatable bonds is 4. The van der Waals surface area contributed by atoms with Crippen LogP contribution in [0.2, 0.25) is 0 Å². The minimum Gasteiger partial charge on any atom is -0.319 e. The highest BCUT2D eigenvalue weighted by Crippen LogP contribution is 2.02. The van der Waals surface area contributed by atoms with Crippen molar-refractivity contribution < 1.29 is 0 Å². The van der Waals surface area contributed by atoms with Crippen LogP contribution in [0.25, 0.3) is 6.08 Å². The van der Waals surface area contributed by atoms with Crippen LogP contribution in [0.4, 0.5) is 0 Å². The van der Waals surface area contributed by atoms with Crippen molar-refractivity contribution in [3.05, 3.63) is 36.2 Å². The van der Waals surface area contributed by atoms with Gasteiger partial charge in [0.25, 0.3) is 0 Å². The zero-order chi connectivity index (χ0) is 9.52. The topological polar surface area (TPSA) is 24.9 Å². The van der Waals surface area contributed by atoms with Crippen LogP contribution in [0.3, 0.4) is 0 Å². The standard InChI is InChI=1S/C11H16N2/c1-10(8-12-2)5-6-11-4-3-7-13-9-11/h3-7,9-10,12H,8H2,1-2H3/b6-5+. The van der Waals surface area contributed by atoms with Gasteiger partial charge in [-0.05, 0) is 24.6 Å². The third-order valence-corrected chi connectivity index (χ3v) is 1.83. The van der Waals surface area contributed by atoms with Gasteiger partial charge in [0.1, 0.15) is 0 Å². The number of hydrogen-bond donors (Lipinski definition) is 1. The zero-order valence-electron chi connectivity index (χ0n) is 8.20. The van der Waals surface area contributed by atoms with Crippen LogP contribution >= 0.6 is 0 Å². The number of pyridine rings is 1. The summed E-state index contributed by atoms with van der Waals surface area (Å²) in [6.45, 7) is 3.19. The summed E-state index contributed by atoms with van der Waals surface area (Å²) in [6.07, 6.45) is 7.94. The molecule has 0 fully saturated rings. The number of nitrogens with zero attached hydrogens (tertiary/aromatic N) is 1. The smallest absolute Gasteiger partial charge is 0.0340 e. The molecule has 70 valence electrons. The van der Waals surface area contributed by atoms with Crippen LogP contribution < -0.4 is 5.32 Å². The Kier molecular flexibility index (Phi) is 4.19. The Morgan fingerprint density at radius 3 is 3.08 bits per heavy atom. The van der Waals surface area contributed by atoms with E-state index in [1.807, 2.05) is 19.3 Å². The van der Waals surface area contributed by atoms with E-state index in [2.05, 4.69) is 35.4 Å². The molecule has 0 spiro atoms. The van der Waals surface area contributed by atoms with E-state index in [1.54, 1.807) is 6.20 Å². The fraction of sp³-hybridized carbons (Fsp3) is 0.364. The van der Waals surface area contributed by atoms with E-state index < -0.39 is 0 Å². The molecule has 1 atom stereocenters. The first-order chi connectivity index (χ1) is 6.33. The number of aromatic nitrogens is 1. The summed E-state index contributed by atoms with van der Waals surface area (Å²) in [5.74, 6) is 0.560. The fourth-order valence-electron chi connectivity index (χ4n) is 1.14. The monoisotopic (exact) mass is 176 g/mol. The summed E-state index contributed by atoms with van der Waals surface area (Å²) in [4.78, 5) is 4.04. The van der Waals surface area contributed by atoms with E-state index in [4.69, 9.17) is 0 Å². The molecule has 0 radical (unpaired) electrons. The Bertz CT molecular complexity index is 254. The summed E-state index contributed by atoms with van der Waals surface area (Å²) in [6, 6.07) is 4.00. The van der Waals surface area contributed by atoms with Gasteiger partial charge < -0.3 is 5.32 Å². The van der Waals surface area contributed by atoms with Gasteiger partial charge in [-0.25, -0.2) is 0 Å². The summed E-state index contributed by atoms with van der Waals surface area (Å²) in [5.41, 5.74) is 1.16. The van der Waals surface area contributed by atoms with Gasteiger partial charge >= 0.3 is 0 Å². The van der Waals surface area contributed by atoms with Crippen LogP contribution in [-0.2, 0) is 0 Å². The van der Waals surface area contributed by atoms with Crippen molar-refractivity contribution in [3.8, 4) is 0 Å². The Labute approximate surface area is 79.7 Å². The Morgan fingerprint density at radius 1 is 1.62 bits per heavy atom. The molecule has 2 heteroatoms. The maximum absolute atomic E-state index is 4.04. The highest BCUT2D eigenvalue weighted by molar-refractivity contribution is 5.47. The molecule has 13 heavy (non-hydrogen) atoms. The van der Waals surface area contributed by atoms with Gasteiger partial charge in [-0.3, -0.25) is 4.98 Å². The predicted octanol–water partition coefficient (Wildman–Crippen LogP) is 1.95. The van der Waals surface area contributed by atoms with Crippen molar-refractivity contribution in [2.75, 3.05) is 13.6 Å². The lowest BCUT2D eigenvalue weighted by molar-refractivity contribution is 0.652. The minimum absolute atomic E-state index is 0.560. The Morgan fingerprint density at radius 2 is 2.46 bits per heavy atom. The largest absolute Gasteiger partial charge is 0.319 e. The van der Waals surface area contributed by atoms with E-state index >= 15 is 0 Å². The summed E-state index contributed by atoms with van der Waals surface area (Å²) in [7, 11) is 1.97. The first-order valence-corrected chi connectivity index (χ1v) is 4.55. The lowest BCUT2D eigenvalue weighted by Crippen LogP contribution is -2.14. The molecule has 0 aliphatic carbocycles. The SMILES string of the molecule is CNCC(C)/C=C/c1cccnc1. The van der Waals surface area contributed by atoms with Gasteiger partial charge in [-0.1, -0.05) is 25.1 Å². The molecule has 1 aromatic rings. The van der Waals surface area contributed by atoms with Gasteiger partial charge in [0.05, 0.1) is 0 Å². The van der Waals surface area contributed by atoms with E-state index in [-0.39, 0.29) is 0 Å². The van der Waals surface area contributed by atoms with Gasteiger partial charge in [0, 0.05) is 18.9 Å². The molecule has 1 heterocycles. The molecule has 0 amide bonds. The summed E-state index contributed by atoms with van der Waals surface area (Å²) >= 11 is 0. The van der Waals surface area contributed by atoms with Crippen molar-refractivity contribution in [1.29, 1.82) is 0 Å². The Balaban J connectivity index is 2.49. The maximum Gasteiger partial charge on any atom is 0.0340 e. The second kappa shape index (κ2) is 5.49. The molecule has 2 nitrogen and oxygen atoms in total. The maximum atomic E-state index is 4.04. The first kappa shape index (κ1) is 9.93. The van der Waals surface area contributed by atoms with Gasteiger partial charge in [0.2, 0.25) is 0 Å². The molecule has 1 aromatic heterocycles. The first-order valence-electron chi connectivity index (χ1n) is 4.55. The zero-order valence-corrected chi connectivity index (χ0v) is 8.20. The summed E-state index contributed by atoms with van der Waals surface area (Å²) in [5, 5.41) is 3.14. The molecule has 0 aromatic carbocycles. The van der Waals surface area contributed by atoms with E-state index in [0.717, 1.165) is 12.1 Å². The quantitative estimate of drug-likeness (QED) is 0.758. The second-order valence-corrected chi connectivity index (χ2v) is 3.18. The second-order valence-electron chi connectivity index (χ2n) is 3.18. The lowest BCUT2D eigenvalue weighted by atomic mass is 10.1. The average molecular weight is 176 g/mol. The van der Waals surface area contributed by atoms with Crippen molar-refractivity contribution in [3.63, 3.8) is 0 Å². The van der Waals surface area contributed by atoms with Crippen molar-refractivity contribution in [2.45, 2.75) is 6.92 Å². The molecule has 0 bridgehead atoms. The molecule has 0 aliphatic rings. The molecule has 0 aliphatic heterocycles. The van der Waals surface area contributed by atoms with Crippen LogP contribution in [-0.4, -0.2) is 18.6 Å². The molecule has 0 saturated carbocycles. The lowest BCUT2D eigenvalue weighted by Gasteiger charge is -2.03. The molecular weight excluding hydrogens is 160 g/mol. The third kappa shape index (κ3) is 3.85. The Hall–Kier alpha value is -1.15. The van der Waals surface area contributed by atoms with Crippen molar-refractivity contribution in [1.82, 2.24) is 10.3 Å². The molecular formula is C11H16N2. The van der Waals surface area contributed by atoms with Crippen LogP contribution in [0.15, 0.2) is 30.6 Å². The van der Waals surface area contributed by atoms with E-state index in [0.29, 0.717) is 5.92 Å². The highest BCUT2D eigenvalue weighted by Gasteiger charge is 1.92. The van der Waals surface area contributed by atoms with E-state index in [1.165, 1.54) is 0 Å². The molecule has 1 rings (SSSR count). The van der Waals surface area contributed by atoms with Crippen LogP contribution in [0, 0.1) is 5.92 Å². The third-order valence-electron chi connectivity index (χ3n) is 1.83. The van der Waals surface area contributed by atoms with Crippen molar-refractivity contribution in [2.24, 2.45) is 5.92 Å². The van der Waals surface area contributed by atoms with Crippen LogP contribution in [0.5, 0.6) is 0 Å². The molecule has 1 unspecified atom stereocenters. The number of nitrogens with one attached hydrogen (secondary N) is 1. The van der Waals surface area contributed by atoms with Gasteiger partial charge in [0.15, 0.2) is 0 Å². The van der Waals surface area contributed by atoms with Gasteiger partial charge in [-0.2, -0.15) is 0 Å². The normalized spacial score (nSPS) is 13.4. The fourth-order valence-corrected chi connectivity index (χ4v) is 1.14. The summed E-state index contributed by atoms with van der Waals surface area (Å²) < 4.78 is 0. The van der Waals surface area contributed by atoms with E-state index in [9.17, 15) is 0 Å². The molecule has 0 saturated heterocycles. The predicted molar refractivity (Wildman–Crippen MR) is 56.4 cm³/mol. The van der Waals surface area contributed by atoms with Gasteiger partial charge in [-0.15, -0.1) is 0 Å².